The third-order valence-electron chi connectivity index (χ3n) is 4.26. The second-order valence-electron chi connectivity index (χ2n) is 6.47. The van der Waals surface area contributed by atoms with Crippen LogP contribution in [-0.2, 0) is 15.6 Å². The molecule has 30 heavy (non-hydrogen) atoms. The summed E-state index contributed by atoms with van der Waals surface area (Å²) in [7, 11) is -4.00. The smallest absolute Gasteiger partial charge is 0.219 e. The van der Waals surface area contributed by atoms with E-state index in [2.05, 4.69) is 5.32 Å². The fraction of sp³-hybridized carbons (Fsp3) is 0.0870. The average Bonchev–Trinajstić information content (AvgIpc) is 2.75. The molecule has 0 bridgehead atoms. The molecule has 3 aromatic rings. The minimum atomic E-state index is -4.00. The van der Waals surface area contributed by atoms with E-state index in [1.54, 1.807) is 42.5 Å². The normalized spacial score (nSPS) is 12.0. The van der Waals surface area contributed by atoms with Gasteiger partial charge < -0.3 is 5.32 Å². The first kappa shape index (κ1) is 22.0. The van der Waals surface area contributed by atoms with Gasteiger partial charge in [-0.15, -0.1) is 11.8 Å². The van der Waals surface area contributed by atoms with Gasteiger partial charge in [0.05, 0.1) is 15.6 Å². The van der Waals surface area contributed by atoms with E-state index in [0.29, 0.717) is 16.5 Å². The van der Waals surface area contributed by atoms with Crippen molar-refractivity contribution in [1.29, 1.82) is 5.26 Å². The van der Waals surface area contributed by atoms with Gasteiger partial charge in [0.1, 0.15) is 11.1 Å². The van der Waals surface area contributed by atoms with Crippen molar-refractivity contribution in [2.24, 2.45) is 0 Å². The fourth-order valence-corrected chi connectivity index (χ4v) is 5.35. The monoisotopic (exact) mass is 454 g/mol. The first-order valence-corrected chi connectivity index (χ1v) is 11.9. The predicted molar refractivity (Wildman–Crippen MR) is 124 cm³/mol. The number of nitrogens with one attached hydrogen (secondary N) is 1. The molecule has 0 saturated heterocycles. The molecule has 0 amide bonds. The lowest BCUT2D eigenvalue weighted by atomic mass is 10.2. The molecule has 3 rings (SSSR count). The van der Waals surface area contributed by atoms with Crippen molar-refractivity contribution in [3.05, 3.63) is 105 Å². The van der Waals surface area contributed by atoms with Crippen molar-refractivity contribution in [3.63, 3.8) is 0 Å². The zero-order chi connectivity index (χ0) is 21.6. The van der Waals surface area contributed by atoms with Gasteiger partial charge in [-0.3, -0.25) is 0 Å². The molecule has 0 spiro atoms. The molecule has 0 aliphatic rings. The topological polar surface area (TPSA) is 70.0 Å². The van der Waals surface area contributed by atoms with Gasteiger partial charge in [-0.1, -0.05) is 71.8 Å². The molecule has 0 atom stereocenters. The first-order valence-electron chi connectivity index (χ1n) is 9.06. The summed E-state index contributed by atoms with van der Waals surface area (Å²) in [6.07, 6.45) is 0. The Bertz CT molecular complexity index is 1200. The first-order chi connectivity index (χ1) is 14.4. The molecule has 3 aromatic carbocycles. The zero-order valence-electron chi connectivity index (χ0n) is 16.2. The molecule has 0 saturated carbocycles. The third-order valence-corrected chi connectivity index (χ3v) is 7.51. The van der Waals surface area contributed by atoms with Crippen LogP contribution in [0.4, 0.5) is 5.69 Å². The molecule has 0 aliphatic heterocycles. The molecule has 0 unspecified atom stereocenters. The van der Waals surface area contributed by atoms with Crippen LogP contribution in [0.15, 0.2) is 93.7 Å². The maximum absolute atomic E-state index is 13.2. The maximum atomic E-state index is 13.2. The van der Waals surface area contributed by atoms with Gasteiger partial charge in [0, 0.05) is 5.75 Å². The number of hydrogen-bond donors (Lipinski definition) is 1. The maximum Gasteiger partial charge on any atom is 0.219 e. The molecule has 4 nitrogen and oxygen atoms in total. The van der Waals surface area contributed by atoms with Crippen molar-refractivity contribution < 1.29 is 8.42 Å². The summed E-state index contributed by atoms with van der Waals surface area (Å²) in [5, 5.41) is 13.5. The molecule has 0 aromatic heterocycles. The summed E-state index contributed by atoms with van der Waals surface area (Å²) in [5.74, 6) is 0.489. The molecule has 0 heterocycles. The molecule has 1 N–H and O–H groups in total. The van der Waals surface area contributed by atoms with E-state index < -0.39 is 9.84 Å². The Morgan fingerprint density at radius 1 is 1.00 bits per heavy atom. The lowest BCUT2D eigenvalue weighted by molar-refractivity contribution is 0.603. The number of rotatable bonds is 7. The summed E-state index contributed by atoms with van der Waals surface area (Å²) in [4.78, 5) is -0.276. The highest BCUT2D eigenvalue weighted by Crippen LogP contribution is 2.33. The zero-order valence-corrected chi connectivity index (χ0v) is 18.6. The number of benzene rings is 3. The molecule has 152 valence electrons. The van der Waals surface area contributed by atoms with Crippen LogP contribution >= 0.6 is 23.4 Å². The molecule has 7 heteroatoms. The molecule has 0 fully saturated rings. The fourth-order valence-electron chi connectivity index (χ4n) is 2.63. The Balaban J connectivity index is 2.04. The lowest BCUT2D eigenvalue weighted by Crippen LogP contribution is -2.10. The van der Waals surface area contributed by atoms with Crippen LogP contribution in [0, 0.1) is 18.3 Å². The van der Waals surface area contributed by atoms with E-state index in [9.17, 15) is 13.7 Å². The molecule has 0 radical (unpaired) electrons. The van der Waals surface area contributed by atoms with Gasteiger partial charge in [0.25, 0.3) is 0 Å². The number of anilines is 1. The Morgan fingerprint density at radius 3 is 2.27 bits per heavy atom. The Morgan fingerprint density at radius 2 is 1.63 bits per heavy atom. The quantitative estimate of drug-likeness (QED) is 0.433. The van der Waals surface area contributed by atoms with Gasteiger partial charge in [-0.2, -0.15) is 5.26 Å². The standard InChI is InChI=1S/C23H19ClN2O2S2/c1-17-11-13-18(14-12-17)16-29-23(26-21-10-6-5-9-20(21)24)22(15-25)30(27,28)19-7-3-2-4-8-19/h2-14,26H,16H2,1H3. The number of halogens is 1. The number of thioether (sulfide) groups is 1. The third kappa shape index (κ3) is 5.25. The van der Waals surface area contributed by atoms with Crippen molar-refractivity contribution in [2.45, 2.75) is 17.6 Å². The van der Waals surface area contributed by atoms with Crippen LogP contribution < -0.4 is 5.32 Å². The van der Waals surface area contributed by atoms with Crippen LogP contribution in [0.25, 0.3) is 0 Å². The molecular formula is C23H19ClN2O2S2. The Labute approximate surface area is 186 Å². The van der Waals surface area contributed by atoms with Gasteiger partial charge in [-0.25, -0.2) is 8.42 Å². The summed E-state index contributed by atoms with van der Waals surface area (Å²) >= 11 is 7.50. The number of para-hydroxylation sites is 1. The molecule has 0 aliphatic carbocycles. The van der Waals surface area contributed by atoms with E-state index in [1.165, 1.54) is 23.9 Å². The summed E-state index contributed by atoms with van der Waals surface area (Å²) < 4.78 is 26.3. The van der Waals surface area contributed by atoms with Crippen LogP contribution in [0.5, 0.6) is 0 Å². The van der Waals surface area contributed by atoms with Crippen LogP contribution in [0.3, 0.4) is 0 Å². The van der Waals surface area contributed by atoms with Gasteiger partial charge in [-0.05, 0) is 36.8 Å². The number of allylic oxidation sites excluding steroid dienone is 1. The lowest BCUT2D eigenvalue weighted by Gasteiger charge is -2.15. The van der Waals surface area contributed by atoms with Crippen molar-refractivity contribution in [2.75, 3.05) is 5.32 Å². The second-order valence-corrected chi connectivity index (χ2v) is 9.74. The number of aryl methyl sites for hydroxylation is 1. The van der Waals surface area contributed by atoms with E-state index >= 15 is 0 Å². The highest BCUT2D eigenvalue weighted by Gasteiger charge is 2.25. The Kier molecular flexibility index (Phi) is 7.22. The van der Waals surface area contributed by atoms with Crippen LogP contribution in [0.2, 0.25) is 5.02 Å². The summed E-state index contributed by atoms with van der Waals surface area (Å²) in [6, 6.07) is 24.8. The van der Waals surface area contributed by atoms with Crippen LogP contribution in [0.1, 0.15) is 11.1 Å². The predicted octanol–water partition coefficient (Wildman–Crippen LogP) is 6.16. The highest BCUT2D eigenvalue weighted by atomic mass is 35.5. The average molecular weight is 455 g/mol. The van der Waals surface area contributed by atoms with Crippen LogP contribution in [-0.4, -0.2) is 8.42 Å². The SMILES string of the molecule is Cc1ccc(CSC(Nc2ccccc2Cl)=C(C#N)S(=O)(=O)c2ccccc2)cc1. The van der Waals surface area contributed by atoms with Gasteiger partial charge in [0.2, 0.25) is 9.84 Å². The van der Waals surface area contributed by atoms with E-state index in [4.69, 9.17) is 11.6 Å². The highest BCUT2D eigenvalue weighted by molar-refractivity contribution is 8.04. The van der Waals surface area contributed by atoms with E-state index in [-0.39, 0.29) is 14.8 Å². The second kappa shape index (κ2) is 9.86. The number of sulfone groups is 1. The number of nitriles is 1. The largest absolute Gasteiger partial charge is 0.347 e. The van der Waals surface area contributed by atoms with E-state index in [1.807, 2.05) is 37.3 Å². The van der Waals surface area contributed by atoms with Crippen molar-refractivity contribution in [1.82, 2.24) is 0 Å². The van der Waals surface area contributed by atoms with Gasteiger partial charge >= 0.3 is 0 Å². The Hall–Kier alpha value is -2.72. The summed E-state index contributed by atoms with van der Waals surface area (Å²) in [6.45, 7) is 2.00. The summed E-state index contributed by atoms with van der Waals surface area (Å²) in [5.41, 5.74) is 2.68. The number of nitrogens with zero attached hydrogens (tertiary/aromatic N) is 1. The van der Waals surface area contributed by atoms with Crippen molar-refractivity contribution >= 4 is 38.9 Å². The minimum Gasteiger partial charge on any atom is -0.347 e. The molecular weight excluding hydrogens is 436 g/mol. The van der Waals surface area contributed by atoms with Gasteiger partial charge in [0.15, 0.2) is 4.91 Å². The minimum absolute atomic E-state index is 0.0657. The van der Waals surface area contributed by atoms with Crippen molar-refractivity contribution in [3.8, 4) is 6.07 Å². The van der Waals surface area contributed by atoms with E-state index in [0.717, 1.165) is 11.1 Å². The number of hydrogen-bond acceptors (Lipinski definition) is 5.